The van der Waals surface area contributed by atoms with Crippen LogP contribution in [0.1, 0.15) is 44.2 Å². The topological polar surface area (TPSA) is 67.4 Å². The Bertz CT molecular complexity index is 548. The van der Waals surface area contributed by atoms with Crippen LogP contribution < -0.4 is 10.6 Å². The maximum absolute atomic E-state index is 13.1. The van der Waals surface area contributed by atoms with Gasteiger partial charge in [0.15, 0.2) is 0 Å². The third kappa shape index (κ3) is 7.40. The van der Waals surface area contributed by atoms with Gasteiger partial charge in [-0.15, -0.1) is 12.4 Å². The van der Waals surface area contributed by atoms with Gasteiger partial charge in [0.1, 0.15) is 5.82 Å². The van der Waals surface area contributed by atoms with E-state index in [0.29, 0.717) is 17.9 Å². The minimum Gasteiger partial charge on any atom is -0.466 e. The van der Waals surface area contributed by atoms with Gasteiger partial charge in [0.2, 0.25) is 5.91 Å². The zero-order chi connectivity index (χ0) is 17.4. The Labute approximate surface area is 154 Å². The minimum absolute atomic E-state index is 0. The maximum Gasteiger partial charge on any atom is 0.308 e. The number of carbonyl (C=O) groups excluding carboxylic acids is 2. The number of rotatable bonds is 8. The highest BCUT2D eigenvalue weighted by atomic mass is 35.5. The monoisotopic (exact) mass is 372 g/mol. The Kier molecular flexibility index (Phi) is 9.45. The molecule has 0 spiro atoms. The summed E-state index contributed by atoms with van der Waals surface area (Å²) in [6.45, 7) is 3.99. The number of halogens is 2. The lowest BCUT2D eigenvalue weighted by molar-refractivity contribution is -0.143. The van der Waals surface area contributed by atoms with Gasteiger partial charge in [0.25, 0.3) is 0 Å². The summed E-state index contributed by atoms with van der Waals surface area (Å²) >= 11 is 0. The Morgan fingerprint density at radius 2 is 2.08 bits per heavy atom. The van der Waals surface area contributed by atoms with Crippen LogP contribution >= 0.6 is 12.4 Å². The summed E-state index contributed by atoms with van der Waals surface area (Å²) in [4.78, 5) is 24.0. The summed E-state index contributed by atoms with van der Waals surface area (Å²) < 4.78 is 18.1. The van der Waals surface area contributed by atoms with Gasteiger partial charge < -0.3 is 15.4 Å². The van der Waals surface area contributed by atoms with Crippen molar-refractivity contribution in [1.82, 2.24) is 10.6 Å². The van der Waals surface area contributed by atoms with E-state index in [9.17, 15) is 14.0 Å². The molecule has 1 aliphatic rings. The number of ether oxygens (including phenoxy) is 1. The summed E-state index contributed by atoms with van der Waals surface area (Å²) in [5.41, 5.74) is 0.695. The van der Waals surface area contributed by atoms with E-state index in [2.05, 4.69) is 10.6 Å². The molecule has 2 N–H and O–H groups in total. The number of amides is 1. The molecule has 1 fully saturated rings. The molecule has 25 heavy (non-hydrogen) atoms. The number of hydrogen-bond donors (Lipinski definition) is 2. The summed E-state index contributed by atoms with van der Waals surface area (Å²) in [6, 6.07) is 5.31. The first-order valence-electron chi connectivity index (χ1n) is 8.49. The van der Waals surface area contributed by atoms with Crippen molar-refractivity contribution in [1.29, 1.82) is 0 Å². The molecular formula is C18H26ClFN2O3. The highest BCUT2D eigenvalue weighted by Gasteiger charge is 2.21. The van der Waals surface area contributed by atoms with Crippen LogP contribution in [-0.2, 0) is 14.3 Å². The van der Waals surface area contributed by atoms with Crippen LogP contribution in [-0.4, -0.2) is 31.6 Å². The minimum atomic E-state index is -0.501. The van der Waals surface area contributed by atoms with Gasteiger partial charge in [-0.3, -0.25) is 9.59 Å². The first kappa shape index (κ1) is 21.4. The third-order valence-electron chi connectivity index (χ3n) is 4.23. The first-order chi connectivity index (χ1) is 11.6. The fourth-order valence-corrected chi connectivity index (χ4v) is 2.90. The lowest BCUT2D eigenvalue weighted by Gasteiger charge is -2.19. The predicted molar refractivity (Wildman–Crippen MR) is 96.0 cm³/mol. The molecule has 1 aromatic rings. The molecule has 0 aliphatic carbocycles. The van der Waals surface area contributed by atoms with Crippen LogP contribution in [0.3, 0.4) is 0 Å². The van der Waals surface area contributed by atoms with Crippen LogP contribution in [0, 0.1) is 11.7 Å². The van der Waals surface area contributed by atoms with Crippen molar-refractivity contribution >= 4 is 24.3 Å². The summed E-state index contributed by atoms with van der Waals surface area (Å²) in [5, 5.41) is 6.16. The molecule has 2 unspecified atom stereocenters. The molecule has 0 aromatic heterocycles. The van der Waals surface area contributed by atoms with Crippen molar-refractivity contribution in [3.63, 3.8) is 0 Å². The molecule has 140 valence electrons. The third-order valence-corrected chi connectivity index (χ3v) is 4.23. The average molecular weight is 373 g/mol. The van der Waals surface area contributed by atoms with Gasteiger partial charge in [-0.05, 0) is 56.5 Å². The highest BCUT2D eigenvalue weighted by Crippen LogP contribution is 2.20. The fourth-order valence-electron chi connectivity index (χ4n) is 2.90. The smallest absolute Gasteiger partial charge is 0.308 e. The Morgan fingerprint density at radius 3 is 2.68 bits per heavy atom. The number of carbonyl (C=O) groups is 2. The largest absolute Gasteiger partial charge is 0.466 e. The number of nitrogens with one attached hydrogen (secondary N) is 2. The number of benzene rings is 1. The van der Waals surface area contributed by atoms with E-state index in [1.807, 2.05) is 0 Å². The SMILES string of the molecule is CCOC(=O)CC(NC(=O)CCC1CCNC1)c1ccc(F)cc1.Cl. The molecule has 5 nitrogen and oxygen atoms in total. The van der Waals surface area contributed by atoms with Crippen LogP contribution in [0.5, 0.6) is 0 Å². The predicted octanol–water partition coefficient (Wildman–Crippen LogP) is 2.75. The van der Waals surface area contributed by atoms with Gasteiger partial charge >= 0.3 is 5.97 Å². The highest BCUT2D eigenvalue weighted by molar-refractivity contribution is 5.85. The van der Waals surface area contributed by atoms with Crippen molar-refractivity contribution < 1.29 is 18.7 Å². The molecule has 1 saturated heterocycles. The van der Waals surface area contributed by atoms with Gasteiger partial charge in [0.05, 0.1) is 19.1 Å². The maximum atomic E-state index is 13.1. The molecule has 1 aliphatic heterocycles. The standard InChI is InChI=1S/C18H25FN2O3.ClH/c1-2-24-18(23)11-16(14-4-6-15(19)7-5-14)21-17(22)8-3-13-9-10-20-12-13;/h4-7,13,16,20H,2-3,8-12H2,1H3,(H,21,22);1H. The van der Waals surface area contributed by atoms with E-state index in [0.717, 1.165) is 25.9 Å². The van der Waals surface area contributed by atoms with Crippen molar-refractivity contribution in [2.45, 2.75) is 38.6 Å². The molecule has 1 amide bonds. The van der Waals surface area contributed by atoms with E-state index < -0.39 is 6.04 Å². The summed E-state index contributed by atoms with van der Waals surface area (Å²) in [5.74, 6) is -0.300. The second-order valence-electron chi connectivity index (χ2n) is 6.08. The normalized spacial score (nSPS) is 17.4. The molecular weight excluding hydrogens is 347 g/mol. The van der Waals surface area contributed by atoms with Crippen LogP contribution in [0.4, 0.5) is 4.39 Å². The van der Waals surface area contributed by atoms with Crippen molar-refractivity contribution in [3.05, 3.63) is 35.6 Å². The Hall–Kier alpha value is -1.66. The zero-order valence-electron chi connectivity index (χ0n) is 14.4. The average Bonchev–Trinajstić information content (AvgIpc) is 3.07. The van der Waals surface area contributed by atoms with Crippen molar-refractivity contribution in [2.24, 2.45) is 5.92 Å². The van der Waals surface area contributed by atoms with Crippen LogP contribution in [0.15, 0.2) is 24.3 Å². The lowest BCUT2D eigenvalue weighted by atomic mass is 10.0. The van der Waals surface area contributed by atoms with E-state index in [1.165, 1.54) is 12.1 Å². The van der Waals surface area contributed by atoms with E-state index >= 15 is 0 Å². The molecule has 1 aromatic carbocycles. The molecule has 0 radical (unpaired) electrons. The quantitative estimate of drug-likeness (QED) is 0.688. The number of hydrogen-bond acceptors (Lipinski definition) is 4. The van der Waals surface area contributed by atoms with Crippen LogP contribution in [0.25, 0.3) is 0 Å². The number of esters is 1. The molecule has 0 saturated carbocycles. The van der Waals surface area contributed by atoms with Gasteiger partial charge in [0, 0.05) is 6.42 Å². The van der Waals surface area contributed by atoms with Gasteiger partial charge in [-0.25, -0.2) is 4.39 Å². The van der Waals surface area contributed by atoms with Gasteiger partial charge in [-0.2, -0.15) is 0 Å². The molecule has 0 bridgehead atoms. The molecule has 1 heterocycles. The van der Waals surface area contributed by atoms with E-state index in [1.54, 1.807) is 19.1 Å². The van der Waals surface area contributed by atoms with Crippen molar-refractivity contribution in [3.8, 4) is 0 Å². The molecule has 2 rings (SSSR count). The summed E-state index contributed by atoms with van der Waals surface area (Å²) in [6.07, 6.45) is 2.38. The molecule has 2 atom stereocenters. The van der Waals surface area contributed by atoms with Gasteiger partial charge in [-0.1, -0.05) is 12.1 Å². The van der Waals surface area contributed by atoms with Crippen LogP contribution in [0.2, 0.25) is 0 Å². The molecule has 7 heteroatoms. The Balaban J connectivity index is 0.00000312. The lowest BCUT2D eigenvalue weighted by Crippen LogP contribution is -2.31. The Morgan fingerprint density at radius 1 is 1.36 bits per heavy atom. The summed E-state index contributed by atoms with van der Waals surface area (Å²) in [7, 11) is 0. The first-order valence-corrected chi connectivity index (χ1v) is 8.49. The second kappa shape index (κ2) is 11.1. The fraction of sp³-hybridized carbons (Fsp3) is 0.556. The second-order valence-corrected chi connectivity index (χ2v) is 6.08. The van der Waals surface area contributed by atoms with Crippen molar-refractivity contribution in [2.75, 3.05) is 19.7 Å². The zero-order valence-corrected chi connectivity index (χ0v) is 15.2. The van der Waals surface area contributed by atoms with E-state index in [4.69, 9.17) is 4.74 Å². The van der Waals surface area contributed by atoms with E-state index in [-0.39, 0.29) is 43.1 Å².